The van der Waals surface area contributed by atoms with E-state index in [-0.39, 0.29) is 12.5 Å². The summed E-state index contributed by atoms with van der Waals surface area (Å²) in [5.41, 5.74) is 1.18. The fourth-order valence-electron chi connectivity index (χ4n) is 2.54. The van der Waals surface area contributed by atoms with Gasteiger partial charge in [0, 0.05) is 12.6 Å². The molecule has 26 heavy (non-hydrogen) atoms. The van der Waals surface area contributed by atoms with Crippen LogP contribution < -0.4 is 9.47 Å². The topological polar surface area (TPSA) is 77.7 Å². The van der Waals surface area contributed by atoms with E-state index in [9.17, 15) is 4.79 Å². The highest BCUT2D eigenvalue weighted by molar-refractivity contribution is 5.99. The maximum Gasteiger partial charge on any atom is 0.261 e. The van der Waals surface area contributed by atoms with Gasteiger partial charge in [-0.2, -0.15) is 0 Å². The quantitative estimate of drug-likeness (QED) is 0.678. The molecule has 0 radical (unpaired) electrons. The summed E-state index contributed by atoms with van der Waals surface area (Å²) in [5.74, 6) is 1.37. The van der Waals surface area contributed by atoms with Gasteiger partial charge in [0.2, 0.25) is 11.8 Å². The molecular formula is C19H19N3O4. The predicted octanol–water partition coefficient (Wildman–Crippen LogP) is 3.03. The summed E-state index contributed by atoms with van der Waals surface area (Å²) >= 11 is 0. The molecule has 3 rings (SSSR count). The van der Waals surface area contributed by atoms with Gasteiger partial charge in [-0.05, 0) is 24.3 Å². The van der Waals surface area contributed by atoms with E-state index in [4.69, 9.17) is 13.9 Å². The first-order valence-electron chi connectivity index (χ1n) is 7.98. The van der Waals surface area contributed by atoms with E-state index in [0.29, 0.717) is 28.8 Å². The van der Waals surface area contributed by atoms with Crippen LogP contribution in [0.25, 0.3) is 11.5 Å². The molecule has 1 amide bonds. The van der Waals surface area contributed by atoms with Gasteiger partial charge in [-0.3, -0.25) is 4.79 Å². The van der Waals surface area contributed by atoms with E-state index in [0.717, 1.165) is 5.56 Å². The van der Waals surface area contributed by atoms with Crippen LogP contribution in [0.4, 0.5) is 0 Å². The molecule has 134 valence electrons. The molecular weight excluding hydrogens is 334 g/mol. The summed E-state index contributed by atoms with van der Waals surface area (Å²) in [6, 6.07) is 14.6. The predicted molar refractivity (Wildman–Crippen MR) is 95.1 cm³/mol. The Morgan fingerprint density at radius 3 is 2.27 bits per heavy atom. The molecule has 7 heteroatoms. The zero-order valence-electron chi connectivity index (χ0n) is 14.8. The number of benzene rings is 2. The van der Waals surface area contributed by atoms with Crippen LogP contribution in [0.2, 0.25) is 0 Å². The minimum Gasteiger partial charge on any atom is -0.496 e. The van der Waals surface area contributed by atoms with Gasteiger partial charge in [0.15, 0.2) is 0 Å². The Kier molecular flexibility index (Phi) is 5.17. The molecule has 0 N–H and O–H groups in total. The number of amides is 1. The van der Waals surface area contributed by atoms with Crippen LogP contribution in [0.5, 0.6) is 11.5 Å². The van der Waals surface area contributed by atoms with Gasteiger partial charge in [0.25, 0.3) is 5.91 Å². The van der Waals surface area contributed by atoms with Gasteiger partial charge in [-0.15, -0.1) is 10.2 Å². The lowest BCUT2D eigenvalue weighted by Crippen LogP contribution is -2.27. The number of carbonyl (C=O) groups is 1. The number of hydrogen-bond donors (Lipinski definition) is 0. The Hall–Kier alpha value is -3.35. The number of hydrogen-bond acceptors (Lipinski definition) is 6. The lowest BCUT2D eigenvalue weighted by molar-refractivity contribution is 0.0766. The van der Waals surface area contributed by atoms with Gasteiger partial charge >= 0.3 is 0 Å². The first kappa shape index (κ1) is 17.5. The van der Waals surface area contributed by atoms with Gasteiger partial charge in [-0.1, -0.05) is 24.3 Å². The highest BCUT2D eigenvalue weighted by Gasteiger charge is 2.23. The Morgan fingerprint density at radius 1 is 1.00 bits per heavy atom. The second-order valence-corrected chi connectivity index (χ2v) is 5.57. The summed E-state index contributed by atoms with van der Waals surface area (Å²) in [5, 5.41) is 8.06. The Labute approximate surface area is 151 Å². The molecule has 2 aromatic carbocycles. The molecule has 0 atom stereocenters. The van der Waals surface area contributed by atoms with E-state index < -0.39 is 0 Å². The summed E-state index contributed by atoms with van der Waals surface area (Å²) in [4.78, 5) is 14.3. The van der Waals surface area contributed by atoms with E-state index in [1.807, 2.05) is 30.3 Å². The van der Waals surface area contributed by atoms with Crippen molar-refractivity contribution in [2.75, 3.05) is 21.3 Å². The lowest BCUT2D eigenvalue weighted by Gasteiger charge is -2.18. The highest BCUT2D eigenvalue weighted by atomic mass is 16.5. The van der Waals surface area contributed by atoms with Crippen molar-refractivity contribution in [2.45, 2.75) is 6.54 Å². The molecule has 0 saturated heterocycles. The second kappa shape index (κ2) is 7.69. The normalized spacial score (nSPS) is 10.4. The first-order valence-corrected chi connectivity index (χ1v) is 7.98. The van der Waals surface area contributed by atoms with Gasteiger partial charge in [-0.25, -0.2) is 0 Å². The number of nitrogens with zero attached hydrogens (tertiary/aromatic N) is 3. The molecule has 1 aromatic heterocycles. The van der Waals surface area contributed by atoms with Crippen LogP contribution in [0, 0.1) is 0 Å². The third-order valence-corrected chi connectivity index (χ3v) is 3.85. The van der Waals surface area contributed by atoms with Crippen molar-refractivity contribution in [3.05, 3.63) is 60.0 Å². The van der Waals surface area contributed by atoms with Gasteiger partial charge < -0.3 is 18.8 Å². The third kappa shape index (κ3) is 3.51. The molecule has 1 heterocycles. The molecule has 0 bridgehead atoms. The minimum absolute atomic E-state index is 0.167. The van der Waals surface area contributed by atoms with Crippen LogP contribution in [-0.4, -0.2) is 42.3 Å². The molecule has 0 aliphatic heterocycles. The Balaban J connectivity index is 1.80. The molecule has 7 nitrogen and oxygen atoms in total. The monoisotopic (exact) mass is 353 g/mol. The summed E-state index contributed by atoms with van der Waals surface area (Å²) < 4.78 is 16.2. The standard InChI is InChI=1S/C19H19N3O4/c1-22(19(23)17-14(24-2)10-7-11-15(17)25-3)12-16-20-21-18(26-16)13-8-5-4-6-9-13/h4-11H,12H2,1-3H3. The van der Waals surface area contributed by atoms with Crippen molar-refractivity contribution in [3.8, 4) is 23.0 Å². The number of methoxy groups -OCH3 is 2. The van der Waals surface area contributed by atoms with Crippen molar-refractivity contribution in [1.29, 1.82) is 0 Å². The van der Waals surface area contributed by atoms with E-state index in [1.165, 1.54) is 19.1 Å². The zero-order valence-corrected chi connectivity index (χ0v) is 14.8. The highest BCUT2D eigenvalue weighted by Crippen LogP contribution is 2.29. The fraction of sp³-hybridized carbons (Fsp3) is 0.211. The summed E-state index contributed by atoms with van der Waals surface area (Å²) in [6.07, 6.45) is 0. The molecule has 0 unspecified atom stereocenters. The van der Waals surface area contributed by atoms with E-state index in [2.05, 4.69) is 10.2 Å². The largest absolute Gasteiger partial charge is 0.496 e. The van der Waals surface area contributed by atoms with Crippen molar-refractivity contribution >= 4 is 5.91 Å². The molecule has 0 aliphatic rings. The molecule has 0 spiro atoms. The number of aromatic nitrogens is 2. The molecule has 0 saturated carbocycles. The average Bonchev–Trinajstić information content (AvgIpc) is 3.15. The van der Waals surface area contributed by atoms with Crippen LogP contribution in [0.15, 0.2) is 52.9 Å². The van der Waals surface area contributed by atoms with Crippen molar-refractivity contribution in [3.63, 3.8) is 0 Å². The summed E-state index contributed by atoms with van der Waals surface area (Å²) in [7, 11) is 4.67. The maximum atomic E-state index is 12.9. The van der Waals surface area contributed by atoms with Crippen molar-refractivity contribution in [1.82, 2.24) is 15.1 Å². The van der Waals surface area contributed by atoms with Crippen molar-refractivity contribution < 1.29 is 18.7 Å². The SMILES string of the molecule is COc1cccc(OC)c1C(=O)N(C)Cc1nnc(-c2ccccc2)o1. The average molecular weight is 353 g/mol. The number of carbonyl (C=O) groups excluding carboxylic acids is 1. The van der Waals surface area contributed by atoms with Crippen LogP contribution in [-0.2, 0) is 6.54 Å². The van der Waals surface area contributed by atoms with Gasteiger partial charge in [0.05, 0.1) is 20.8 Å². The molecule has 3 aromatic rings. The van der Waals surface area contributed by atoms with Crippen molar-refractivity contribution in [2.24, 2.45) is 0 Å². The zero-order chi connectivity index (χ0) is 18.5. The number of rotatable bonds is 6. The van der Waals surface area contributed by atoms with E-state index in [1.54, 1.807) is 25.2 Å². The minimum atomic E-state index is -0.265. The Morgan fingerprint density at radius 2 is 1.65 bits per heavy atom. The number of ether oxygens (including phenoxy) is 2. The fourth-order valence-corrected chi connectivity index (χ4v) is 2.54. The maximum absolute atomic E-state index is 12.9. The van der Waals surface area contributed by atoms with Crippen LogP contribution in [0.1, 0.15) is 16.2 Å². The van der Waals surface area contributed by atoms with Crippen LogP contribution in [0.3, 0.4) is 0 Å². The lowest BCUT2D eigenvalue weighted by atomic mass is 10.1. The smallest absolute Gasteiger partial charge is 0.261 e. The molecule has 0 aliphatic carbocycles. The van der Waals surface area contributed by atoms with Gasteiger partial charge in [0.1, 0.15) is 17.1 Å². The second-order valence-electron chi connectivity index (χ2n) is 5.57. The summed E-state index contributed by atoms with van der Waals surface area (Å²) in [6.45, 7) is 0.167. The third-order valence-electron chi connectivity index (χ3n) is 3.85. The molecule has 0 fully saturated rings. The Bertz CT molecular complexity index is 871. The van der Waals surface area contributed by atoms with Crippen LogP contribution >= 0.6 is 0 Å². The van der Waals surface area contributed by atoms with E-state index >= 15 is 0 Å². The first-order chi connectivity index (χ1) is 12.6.